The second kappa shape index (κ2) is 7.09. The van der Waals surface area contributed by atoms with Gasteiger partial charge in [0, 0.05) is 45.5 Å². The lowest BCUT2D eigenvalue weighted by atomic mass is 10.00. The largest absolute Gasteiger partial charge is 0.379 e. The van der Waals surface area contributed by atoms with Gasteiger partial charge in [-0.2, -0.15) is 0 Å². The molecule has 0 bridgehead atoms. The van der Waals surface area contributed by atoms with Crippen LogP contribution in [-0.2, 0) is 11.8 Å². The van der Waals surface area contributed by atoms with Gasteiger partial charge in [-0.25, -0.2) is 9.97 Å². The molecule has 1 amide bonds. The fourth-order valence-corrected chi connectivity index (χ4v) is 3.84. The standard InChI is InChI=1S/C18H25N5O2/c1-21-13-20-16-10-14(11-19-17(16)21)18(24)23-5-3-2-4-15(23)12-22-6-8-25-9-7-22/h10-11,13,15H,2-9,12H2,1H3. The maximum Gasteiger partial charge on any atom is 0.255 e. The molecule has 4 heterocycles. The van der Waals surface area contributed by atoms with Crippen molar-refractivity contribution >= 4 is 17.1 Å². The van der Waals surface area contributed by atoms with Crippen molar-refractivity contribution in [2.24, 2.45) is 7.05 Å². The van der Waals surface area contributed by atoms with Crippen molar-refractivity contribution in [3.05, 3.63) is 24.2 Å². The van der Waals surface area contributed by atoms with Crippen molar-refractivity contribution in [1.29, 1.82) is 0 Å². The number of hydrogen-bond donors (Lipinski definition) is 0. The molecule has 0 saturated carbocycles. The van der Waals surface area contributed by atoms with Crippen molar-refractivity contribution in [2.45, 2.75) is 25.3 Å². The predicted molar refractivity (Wildman–Crippen MR) is 94.4 cm³/mol. The highest BCUT2D eigenvalue weighted by Crippen LogP contribution is 2.22. The van der Waals surface area contributed by atoms with Gasteiger partial charge in [0.2, 0.25) is 0 Å². The summed E-state index contributed by atoms with van der Waals surface area (Å²) in [5.41, 5.74) is 2.22. The Bertz CT molecular complexity index is 753. The molecule has 1 unspecified atom stereocenters. The van der Waals surface area contributed by atoms with Crippen LogP contribution in [0.1, 0.15) is 29.6 Å². The zero-order chi connectivity index (χ0) is 17.2. The van der Waals surface area contributed by atoms with E-state index in [4.69, 9.17) is 4.74 Å². The van der Waals surface area contributed by atoms with Crippen LogP contribution in [0.4, 0.5) is 0 Å². The quantitative estimate of drug-likeness (QED) is 0.840. The summed E-state index contributed by atoms with van der Waals surface area (Å²) in [7, 11) is 1.91. The van der Waals surface area contributed by atoms with Gasteiger partial charge in [-0.1, -0.05) is 0 Å². The molecule has 0 spiro atoms. The van der Waals surface area contributed by atoms with Gasteiger partial charge in [0.1, 0.15) is 5.52 Å². The number of aryl methyl sites for hydroxylation is 1. The maximum atomic E-state index is 13.1. The lowest BCUT2D eigenvalue weighted by molar-refractivity contribution is 0.0166. The number of imidazole rings is 1. The number of carbonyl (C=O) groups is 1. The van der Waals surface area contributed by atoms with E-state index in [0.717, 1.165) is 63.4 Å². The number of morpholine rings is 1. The van der Waals surface area contributed by atoms with Crippen LogP contribution in [0.5, 0.6) is 0 Å². The van der Waals surface area contributed by atoms with Crippen molar-refractivity contribution < 1.29 is 9.53 Å². The number of amides is 1. The third kappa shape index (κ3) is 3.39. The Morgan fingerprint density at radius 1 is 1.24 bits per heavy atom. The number of fused-ring (bicyclic) bond motifs is 1. The Morgan fingerprint density at radius 2 is 2.08 bits per heavy atom. The molecule has 4 rings (SSSR count). The highest BCUT2D eigenvalue weighted by Gasteiger charge is 2.29. The SMILES string of the molecule is Cn1cnc2cc(C(=O)N3CCCCC3CN3CCOCC3)cnc21. The molecule has 2 aromatic rings. The first kappa shape index (κ1) is 16.5. The maximum absolute atomic E-state index is 13.1. The normalized spacial score (nSPS) is 22.4. The number of piperidine rings is 1. The van der Waals surface area contributed by atoms with E-state index in [2.05, 4.69) is 14.9 Å². The highest BCUT2D eigenvalue weighted by molar-refractivity contribution is 5.96. The molecule has 2 aliphatic heterocycles. The number of carbonyl (C=O) groups excluding carboxylic acids is 1. The molecule has 0 N–H and O–H groups in total. The Balaban J connectivity index is 1.52. The number of rotatable bonds is 3. The van der Waals surface area contributed by atoms with E-state index in [1.807, 2.05) is 22.6 Å². The van der Waals surface area contributed by atoms with Crippen LogP contribution in [0.15, 0.2) is 18.6 Å². The van der Waals surface area contributed by atoms with Crippen LogP contribution in [-0.4, -0.2) is 75.7 Å². The minimum Gasteiger partial charge on any atom is -0.379 e. The summed E-state index contributed by atoms with van der Waals surface area (Å²) in [4.78, 5) is 26.3. The van der Waals surface area contributed by atoms with Gasteiger partial charge < -0.3 is 14.2 Å². The zero-order valence-corrected chi connectivity index (χ0v) is 14.7. The number of pyridine rings is 1. The van der Waals surface area contributed by atoms with Gasteiger partial charge in [0.05, 0.1) is 25.1 Å². The Morgan fingerprint density at radius 3 is 2.92 bits per heavy atom. The fourth-order valence-electron chi connectivity index (χ4n) is 3.84. The number of nitrogens with zero attached hydrogens (tertiary/aromatic N) is 5. The monoisotopic (exact) mass is 343 g/mol. The van der Waals surface area contributed by atoms with Crippen LogP contribution in [0.3, 0.4) is 0 Å². The van der Waals surface area contributed by atoms with Crippen LogP contribution in [0.25, 0.3) is 11.2 Å². The minimum absolute atomic E-state index is 0.0815. The summed E-state index contributed by atoms with van der Waals surface area (Å²) in [5, 5.41) is 0. The Labute approximate surface area is 147 Å². The van der Waals surface area contributed by atoms with Gasteiger partial charge in [-0.3, -0.25) is 9.69 Å². The Hall–Kier alpha value is -1.99. The summed E-state index contributed by atoms with van der Waals surface area (Å²) in [6.45, 7) is 5.27. The van der Waals surface area contributed by atoms with Crippen LogP contribution >= 0.6 is 0 Å². The molecule has 1 atom stereocenters. The van der Waals surface area contributed by atoms with Gasteiger partial charge in [-0.05, 0) is 25.3 Å². The number of aromatic nitrogens is 3. The minimum atomic E-state index is 0.0815. The molecular weight excluding hydrogens is 318 g/mol. The van der Waals surface area contributed by atoms with Gasteiger partial charge in [0.25, 0.3) is 5.91 Å². The molecular formula is C18H25N5O2. The Kier molecular flexibility index (Phi) is 4.67. The lowest BCUT2D eigenvalue weighted by Gasteiger charge is -2.39. The van der Waals surface area contributed by atoms with Crippen molar-refractivity contribution in [3.63, 3.8) is 0 Å². The fraction of sp³-hybridized carbons (Fsp3) is 0.611. The molecule has 0 radical (unpaired) electrons. The van der Waals surface area contributed by atoms with Crippen LogP contribution in [0.2, 0.25) is 0 Å². The van der Waals surface area contributed by atoms with E-state index in [-0.39, 0.29) is 11.9 Å². The molecule has 2 fully saturated rings. The topological polar surface area (TPSA) is 63.5 Å². The molecule has 7 nitrogen and oxygen atoms in total. The molecule has 134 valence electrons. The summed E-state index contributed by atoms with van der Waals surface area (Å²) in [6.07, 6.45) is 6.75. The van der Waals surface area contributed by atoms with E-state index < -0.39 is 0 Å². The summed E-state index contributed by atoms with van der Waals surface area (Å²) in [6, 6.07) is 2.14. The first-order valence-corrected chi connectivity index (χ1v) is 9.10. The van der Waals surface area contributed by atoms with E-state index in [1.54, 1.807) is 12.5 Å². The van der Waals surface area contributed by atoms with Gasteiger partial charge in [0.15, 0.2) is 5.65 Å². The van der Waals surface area contributed by atoms with E-state index >= 15 is 0 Å². The number of ether oxygens (including phenoxy) is 1. The average molecular weight is 343 g/mol. The third-order valence-corrected chi connectivity index (χ3v) is 5.26. The summed E-state index contributed by atoms with van der Waals surface area (Å²) < 4.78 is 7.30. The number of hydrogen-bond acceptors (Lipinski definition) is 5. The first-order chi connectivity index (χ1) is 12.2. The molecule has 7 heteroatoms. The third-order valence-electron chi connectivity index (χ3n) is 5.26. The van der Waals surface area contributed by atoms with Crippen LogP contribution in [0, 0.1) is 0 Å². The average Bonchev–Trinajstić information content (AvgIpc) is 3.03. The van der Waals surface area contributed by atoms with E-state index in [1.165, 1.54) is 6.42 Å². The molecule has 2 saturated heterocycles. The highest BCUT2D eigenvalue weighted by atomic mass is 16.5. The lowest BCUT2D eigenvalue weighted by Crippen LogP contribution is -2.51. The first-order valence-electron chi connectivity index (χ1n) is 9.10. The summed E-state index contributed by atoms with van der Waals surface area (Å²) in [5.74, 6) is 0.0815. The van der Waals surface area contributed by atoms with Crippen molar-refractivity contribution in [1.82, 2.24) is 24.3 Å². The van der Waals surface area contributed by atoms with Gasteiger partial charge >= 0.3 is 0 Å². The smallest absolute Gasteiger partial charge is 0.255 e. The van der Waals surface area contributed by atoms with Crippen molar-refractivity contribution in [2.75, 3.05) is 39.4 Å². The summed E-state index contributed by atoms with van der Waals surface area (Å²) >= 11 is 0. The molecule has 2 aliphatic rings. The predicted octanol–water partition coefficient (Wildman–Crippen LogP) is 1.30. The van der Waals surface area contributed by atoms with E-state index in [0.29, 0.717) is 5.56 Å². The zero-order valence-electron chi connectivity index (χ0n) is 14.7. The van der Waals surface area contributed by atoms with Crippen molar-refractivity contribution in [3.8, 4) is 0 Å². The van der Waals surface area contributed by atoms with Crippen LogP contribution < -0.4 is 0 Å². The van der Waals surface area contributed by atoms with Gasteiger partial charge in [-0.15, -0.1) is 0 Å². The molecule has 0 aliphatic carbocycles. The molecule has 25 heavy (non-hydrogen) atoms. The second-order valence-corrected chi connectivity index (χ2v) is 6.98. The molecule has 2 aromatic heterocycles. The second-order valence-electron chi connectivity index (χ2n) is 6.98. The van der Waals surface area contributed by atoms with E-state index in [9.17, 15) is 4.79 Å². The molecule has 0 aromatic carbocycles. The number of likely N-dealkylation sites (tertiary alicyclic amines) is 1.